The van der Waals surface area contributed by atoms with Crippen molar-refractivity contribution in [2.24, 2.45) is 0 Å². The van der Waals surface area contributed by atoms with E-state index < -0.39 is 17.2 Å². The summed E-state index contributed by atoms with van der Waals surface area (Å²) in [5.41, 5.74) is 2.43. The van der Waals surface area contributed by atoms with Crippen molar-refractivity contribution >= 4 is 22.9 Å². The van der Waals surface area contributed by atoms with E-state index in [-0.39, 0.29) is 12.3 Å². The number of carbonyl (C=O) groups is 1. The lowest BCUT2D eigenvalue weighted by atomic mass is 9.77. The highest BCUT2D eigenvalue weighted by Gasteiger charge is 2.43. The number of amides is 1. The van der Waals surface area contributed by atoms with Gasteiger partial charge in [0.25, 0.3) is 0 Å². The van der Waals surface area contributed by atoms with Gasteiger partial charge in [0.2, 0.25) is 5.91 Å². The van der Waals surface area contributed by atoms with Crippen LogP contribution in [0.4, 0.5) is 18.9 Å². The second-order valence-electron chi connectivity index (χ2n) is 6.93. The van der Waals surface area contributed by atoms with E-state index in [9.17, 15) is 18.0 Å². The molecule has 1 aliphatic rings. The van der Waals surface area contributed by atoms with Crippen molar-refractivity contribution in [3.05, 3.63) is 76.0 Å². The van der Waals surface area contributed by atoms with Crippen LogP contribution in [0.25, 0.3) is 11.1 Å². The second-order valence-corrected chi connectivity index (χ2v) is 7.71. The van der Waals surface area contributed by atoms with Gasteiger partial charge in [-0.2, -0.15) is 24.5 Å². The van der Waals surface area contributed by atoms with E-state index in [4.69, 9.17) is 0 Å². The molecule has 0 bridgehead atoms. The SMILES string of the molecule is CC1(Cc2cccc(C(F)(F)F)c2)C(=O)Nc2ccc(-c3ccsc3)cc21. The third-order valence-electron chi connectivity index (χ3n) is 5.03. The molecule has 138 valence electrons. The molecule has 6 heteroatoms. The van der Waals surface area contributed by atoms with Crippen LogP contribution in [0, 0.1) is 0 Å². The summed E-state index contributed by atoms with van der Waals surface area (Å²) in [6.45, 7) is 1.78. The molecule has 4 rings (SSSR count). The van der Waals surface area contributed by atoms with E-state index in [2.05, 4.69) is 5.32 Å². The van der Waals surface area contributed by atoms with Crippen molar-refractivity contribution in [2.45, 2.75) is 24.9 Å². The lowest BCUT2D eigenvalue weighted by Gasteiger charge is -2.23. The molecule has 0 saturated heterocycles. The summed E-state index contributed by atoms with van der Waals surface area (Å²) in [7, 11) is 0. The Morgan fingerprint density at radius 2 is 1.89 bits per heavy atom. The van der Waals surface area contributed by atoms with Gasteiger partial charge in [0, 0.05) is 5.69 Å². The Morgan fingerprint density at radius 3 is 2.59 bits per heavy atom. The molecule has 0 saturated carbocycles. The van der Waals surface area contributed by atoms with E-state index in [0.717, 1.165) is 28.8 Å². The van der Waals surface area contributed by atoms with Gasteiger partial charge in [-0.25, -0.2) is 0 Å². The number of carbonyl (C=O) groups excluding carboxylic acids is 1. The predicted molar refractivity (Wildman–Crippen MR) is 101 cm³/mol. The molecule has 0 aliphatic carbocycles. The number of alkyl halides is 3. The fourth-order valence-electron chi connectivity index (χ4n) is 3.54. The van der Waals surface area contributed by atoms with E-state index in [1.165, 1.54) is 6.07 Å². The molecule has 27 heavy (non-hydrogen) atoms. The zero-order chi connectivity index (χ0) is 19.2. The minimum atomic E-state index is -4.40. The fourth-order valence-corrected chi connectivity index (χ4v) is 4.21. The zero-order valence-corrected chi connectivity index (χ0v) is 15.2. The predicted octanol–water partition coefficient (Wildman–Crippen LogP) is 5.89. The topological polar surface area (TPSA) is 29.1 Å². The molecule has 2 heterocycles. The number of anilines is 1. The van der Waals surface area contributed by atoms with Gasteiger partial charge in [-0.3, -0.25) is 4.79 Å². The van der Waals surface area contributed by atoms with Crippen molar-refractivity contribution in [1.29, 1.82) is 0 Å². The van der Waals surface area contributed by atoms with Gasteiger partial charge in [0.15, 0.2) is 0 Å². The molecule has 0 fully saturated rings. The number of thiophene rings is 1. The molecule has 0 spiro atoms. The Labute approximate surface area is 158 Å². The maximum atomic E-state index is 13.0. The van der Waals surface area contributed by atoms with Crippen molar-refractivity contribution in [3.8, 4) is 11.1 Å². The Morgan fingerprint density at radius 1 is 1.07 bits per heavy atom. The molecule has 1 amide bonds. The Kier molecular flexibility index (Phi) is 4.11. The monoisotopic (exact) mass is 387 g/mol. The normalized spacial score (nSPS) is 19.0. The molecular formula is C21H16F3NOS. The maximum Gasteiger partial charge on any atom is 0.416 e. The maximum absolute atomic E-state index is 13.0. The standard InChI is InChI=1S/C21H16F3NOS/c1-20(11-13-3-2-4-16(9-13)21(22,23)24)17-10-14(15-7-8-27-12-15)5-6-18(17)25-19(20)26/h2-10,12H,11H2,1H3,(H,25,26). The number of rotatable bonds is 3. The minimum absolute atomic E-state index is 0.197. The van der Waals surface area contributed by atoms with E-state index in [1.54, 1.807) is 24.3 Å². The first-order valence-corrected chi connectivity index (χ1v) is 9.36. The van der Waals surface area contributed by atoms with Crippen LogP contribution in [-0.2, 0) is 22.8 Å². The van der Waals surface area contributed by atoms with Crippen LogP contribution in [-0.4, -0.2) is 5.91 Å². The second kappa shape index (κ2) is 6.23. The fraction of sp³-hybridized carbons (Fsp3) is 0.190. The van der Waals surface area contributed by atoms with Crippen LogP contribution in [0.15, 0.2) is 59.3 Å². The van der Waals surface area contributed by atoms with Crippen LogP contribution in [0.2, 0.25) is 0 Å². The van der Waals surface area contributed by atoms with Crippen LogP contribution in [0.3, 0.4) is 0 Å². The molecule has 1 aliphatic heterocycles. The molecule has 1 N–H and O–H groups in total. The third-order valence-corrected chi connectivity index (χ3v) is 5.71. The van der Waals surface area contributed by atoms with Crippen LogP contribution in [0.1, 0.15) is 23.6 Å². The van der Waals surface area contributed by atoms with Crippen molar-refractivity contribution in [1.82, 2.24) is 0 Å². The highest BCUT2D eigenvalue weighted by Crippen LogP contribution is 2.42. The van der Waals surface area contributed by atoms with Gasteiger partial charge in [0.1, 0.15) is 0 Å². The molecule has 2 aromatic carbocycles. The van der Waals surface area contributed by atoms with Crippen LogP contribution < -0.4 is 5.32 Å². The van der Waals surface area contributed by atoms with Gasteiger partial charge in [-0.1, -0.05) is 24.3 Å². The van der Waals surface area contributed by atoms with E-state index >= 15 is 0 Å². The van der Waals surface area contributed by atoms with Crippen molar-refractivity contribution in [2.75, 3.05) is 5.32 Å². The van der Waals surface area contributed by atoms with Crippen molar-refractivity contribution < 1.29 is 18.0 Å². The average molecular weight is 387 g/mol. The molecule has 1 unspecified atom stereocenters. The third kappa shape index (κ3) is 3.14. The smallest absolute Gasteiger partial charge is 0.325 e. The van der Waals surface area contributed by atoms with Gasteiger partial charge in [-0.05, 0) is 70.6 Å². The number of fused-ring (bicyclic) bond motifs is 1. The first kappa shape index (κ1) is 17.8. The van der Waals surface area contributed by atoms with Crippen LogP contribution in [0.5, 0.6) is 0 Å². The lowest BCUT2D eigenvalue weighted by molar-refractivity contribution is -0.137. The summed E-state index contributed by atoms with van der Waals surface area (Å²) >= 11 is 1.59. The number of hydrogen-bond acceptors (Lipinski definition) is 2. The number of nitrogens with one attached hydrogen (secondary N) is 1. The first-order chi connectivity index (χ1) is 12.8. The number of benzene rings is 2. The summed E-state index contributed by atoms with van der Waals surface area (Å²) < 4.78 is 39.1. The highest BCUT2D eigenvalue weighted by atomic mass is 32.1. The first-order valence-electron chi connectivity index (χ1n) is 8.42. The number of halogens is 3. The van der Waals surface area contributed by atoms with Crippen molar-refractivity contribution in [3.63, 3.8) is 0 Å². The summed E-state index contributed by atoms with van der Waals surface area (Å²) in [5, 5.41) is 6.87. The number of hydrogen-bond donors (Lipinski definition) is 1. The molecule has 2 nitrogen and oxygen atoms in total. The van der Waals surface area contributed by atoms with Crippen LogP contribution >= 0.6 is 11.3 Å². The van der Waals surface area contributed by atoms with Gasteiger partial charge >= 0.3 is 6.18 Å². The Balaban J connectivity index is 1.74. The summed E-state index contributed by atoms with van der Waals surface area (Å²) in [5.74, 6) is -0.197. The molecular weight excluding hydrogens is 371 g/mol. The Bertz CT molecular complexity index is 1010. The van der Waals surface area contributed by atoms with E-state index in [1.807, 2.05) is 35.0 Å². The molecule has 1 atom stereocenters. The minimum Gasteiger partial charge on any atom is -0.325 e. The van der Waals surface area contributed by atoms with E-state index in [0.29, 0.717) is 11.3 Å². The quantitative estimate of drug-likeness (QED) is 0.597. The zero-order valence-electron chi connectivity index (χ0n) is 14.4. The van der Waals surface area contributed by atoms with Gasteiger partial charge in [-0.15, -0.1) is 0 Å². The lowest BCUT2D eigenvalue weighted by Crippen LogP contribution is -2.33. The largest absolute Gasteiger partial charge is 0.416 e. The highest BCUT2D eigenvalue weighted by molar-refractivity contribution is 7.08. The molecule has 3 aromatic rings. The summed E-state index contributed by atoms with van der Waals surface area (Å²) in [6, 6.07) is 13.0. The summed E-state index contributed by atoms with van der Waals surface area (Å²) in [6.07, 6.45) is -4.21. The van der Waals surface area contributed by atoms with Gasteiger partial charge < -0.3 is 5.32 Å². The molecule has 0 radical (unpaired) electrons. The Hall–Kier alpha value is -2.60. The molecule has 1 aromatic heterocycles. The average Bonchev–Trinajstić information content (AvgIpc) is 3.23. The van der Waals surface area contributed by atoms with Gasteiger partial charge in [0.05, 0.1) is 11.0 Å². The summed E-state index contributed by atoms with van der Waals surface area (Å²) in [4.78, 5) is 12.7.